The Morgan fingerprint density at radius 3 is 1.82 bits per heavy atom. The molecule has 204 valence electrons. The van der Waals surface area contributed by atoms with E-state index in [-0.39, 0.29) is 34.7 Å². The summed E-state index contributed by atoms with van der Waals surface area (Å²) >= 11 is 0. The number of carbonyl (C=O) groups is 3. The average Bonchev–Trinajstić information content (AvgIpc) is 3.29. The lowest BCUT2D eigenvalue weighted by atomic mass is 9.94. The summed E-state index contributed by atoms with van der Waals surface area (Å²) in [5.41, 5.74) is 7.82. The Labute approximate surface area is 234 Å². The summed E-state index contributed by atoms with van der Waals surface area (Å²) in [5.74, 6) is -1.05. The molecule has 0 amide bonds. The molecule has 0 aromatic heterocycles. The molecule has 0 spiro atoms. The van der Waals surface area contributed by atoms with Crippen LogP contribution < -0.4 is 9.47 Å². The van der Waals surface area contributed by atoms with E-state index in [1.54, 1.807) is 32.9 Å². The molecule has 0 radical (unpaired) electrons. The molecule has 1 aliphatic rings. The molecule has 0 aliphatic heterocycles. The van der Waals surface area contributed by atoms with Crippen molar-refractivity contribution in [1.29, 1.82) is 0 Å². The molecule has 6 heteroatoms. The summed E-state index contributed by atoms with van der Waals surface area (Å²) in [6.07, 6.45) is 1.33. The van der Waals surface area contributed by atoms with Crippen molar-refractivity contribution < 1.29 is 28.6 Å². The van der Waals surface area contributed by atoms with Crippen molar-refractivity contribution >= 4 is 17.9 Å². The van der Waals surface area contributed by atoms with Gasteiger partial charge in [-0.1, -0.05) is 56.1 Å². The van der Waals surface area contributed by atoms with Crippen LogP contribution in [0.5, 0.6) is 11.5 Å². The fourth-order valence-corrected chi connectivity index (χ4v) is 4.51. The first-order valence-corrected chi connectivity index (χ1v) is 12.9. The monoisotopic (exact) mass is 536 g/mol. The summed E-state index contributed by atoms with van der Waals surface area (Å²) in [6.45, 7) is 17.7. The second-order valence-electron chi connectivity index (χ2n) is 10.2. The quantitative estimate of drug-likeness (QED) is 0.170. The summed E-state index contributed by atoms with van der Waals surface area (Å²) in [4.78, 5) is 36.4. The number of aryl methyl sites for hydroxylation is 2. The molecule has 3 aromatic carbocycles. The van der Waals surface area contributed by atoms with Gasteiger partial charge >= 0.3 is 17.9 Å². The fourth-order valence-electron chi connectivity index (χ4n) is 4.51. The summed E-state index contributed by atoms with van der Waals surface area (Å²) in [7, 11) is 0. The van der Waals surface area contributed by atoms with Crippen LogP contribution in [-0.2, 0) is 25.5 Å². The van der Waals surface area contributed by atoms with E-state index in [1.165, 1.54) is 6.07 Å². The molecule has 0 bridgehead atoms. The summed E-state index contributed by atoms with van der Waals surface area (Å²) in [6, 6.07) is 17.2. The number of rotatable bonds is 8. The first kappa shape index (κ1) is 28.3. The summed E-state index contributed by atoms with van der Waals surface area (Å²) < 4.78 is 16.5. The summed E-state index contributed by atoms with van der Waals surface area (Å²) in [5, 5.41) is 0. The number of benzene rings is 3. The highest BCUT2D eigenvalue weighted by Gasteiger charge is 2.26. The Kier molecular flexibility index (Phi) is 8.19. The lowest BCUT2D eigenvalue weighted by Crippen LogP contribution is -2.10. The van der Waals surface area contributed by atoms with Crippen LogP contribution in [0.15, 0.2) is 91.1 Å². The maximum atomic E-state index is 12.2. The number of fused-ring (bicyclic) bond motifs is 1. The van der Waals surface area contributed by atoms with Crippen LogP contribution in [0.1, 0.15) is 50.0 Å². The Morgan fingerprint density at radius 1 is 0.700 bits per heavy atom. The van der Waals surface area contributed by atoms with E-state index in [4.69, 9.17) is 14.2 Å². The molecule has 3 aromatic rings. The van der Waals surface area contributed by atoms with E-state index in [2.05, 4.69) is 25.8 Å². The van der Waals surface area contributed by atoms with E-state index in [9.17, 15) is 14.4 Å². The van der Waals surface area contributed by atoms with Crippen LogP contribution >= 0.6 is 0 Å². The van der Waals surface area contributed by atoms with Crippen LogP contribution in [0.25, 0.3) is 22.3 Å². The number of carbonyl (C=O) groups excluding carboxylic acids is 3. The maximum Gasteiger partial charge on any atom is 0.338 e. The molecular formula is C34H32O6. The van der Waals surface area contributed by atoms with E-state index < -0.39 is 11.9 Å². The maximum absolute atomic E-state index is 12.2. The Balaban J connectivity index is 1.65. The minimum atomic E-state index is -0.575. The molecule has 6 nitrogen and oxygen atoms in total. The number of esters is 3. The highest BCUT2D eigenvalue weighted by molar-refractivity contribution is 5.90. The third kappa shape index (κ3) is 6.29. The zero-order valence-corrected chi connectivity index (χ0v) is 23.3. The molecule has 0 fully saturated rings. The molecule has 0 N–H and O–H groups in total. The molecular weight excluding hydrogens is 504 g/mol. The van der Waals surface area contributed by atoms with Crippen LogP contribution in [0.4, 0.5) is 0 Å². The van der Waals surface area contributed by atoms with Gasteiger partial charge in [0.25, 0.3) is 0 Å². The lowest BCUT2D eigenvalue weighted by Gasteiger charge is -2.15. The van der Waals surface area contributed by atoms with Crippen LogP contribution in [0.3, 0.4) is 0 Å². The first-order chi connectivity index (χ1) is 18.9. The SMILES string of the molecule is C=C(C)C(=O)Oc1cc(OC(=O)C(=C)C)cc(-c2ccc(-c3ccc4c(c3)CCC4OC(=O)C(=C)C)c(C)c2)c1. The second-order valence-corrected chi connectivity index (χ2v) is 10.2. The topological polar surface area (TPSA) is 78.9 Å². The Morgan fingerprint density at radius 2 is 1.27 bits per heavy atom. The molecule has 4 rings (SSSR count). The highest BCUT2D eigenvalue weighted by Crippen LogP contribution is 2.38. The number of hydrogen-bond acceptors (Lipinski definition) is 6. The third-order valence-electron chi connectivity index (χ3n) is 6.63. The number of hydrogen-bond donors (Lipinski definition) is 0. The molecule has 0 saturated carbocycles. The predicted molar refractivity (Wildman–Crippen MR) is 155 cm³/mol. The van der Waals surface area contributed by atoms with Gasteiger partial charge in [-0.25, -0.2) is 14.4 Å². The predicted octanol–water partition coefficient (Wildman–Crippen LogP) is 7.40. The zero-order valence-electron chi connectivity index (χ0n) is 23.3. The van der Waals surface area contributed by atoms with E-state index in [1.807, 2.05) is 37.3 Å². The van der Waals surface area contributed by atoms with Gasteiger partial charge < -0.3 is 14.2 Å². The van der Waals surface area contributed by atoms with Crippen LogP contribution in [0, 0.1) is 6.92 Å². The molecule has 1 aliphatic carbocycles. The third-order valence-corrected chi connectivity index (χ3v) is 6.63. The minimum Gasteiger partial charge on any atom is -0.454 e. The Hall–Kier alpha value is -4.71. The first-order valence-electron chi connectivity index (χ1n) is 12.9. The van der Waals surface area contributed by atoms with E-state index in [0.717, 1.165) is 46.2 Å². The van der Waals surface area contributed by atoms with Crippen molar-refractivity contribution in [2.75, 3.05) is 0 Å². The Bertz CT molecular complexity index is 1530. The van der Waals surface area contributed by atoms with Gasteiger partial charge in [-0.2, -0.15) is 0 Å². The van der Waals surface area contributed by atoms with Gasteiger partial charge in [0.05, 0.1) is 0 Å². The van der Waals surface area contributed by atoms with Crippen molar-refractivity contribution in [3.05, 3.63) is 108 Å². The largest absolute Gasteiger partial charge is 0.454 e. The van der Waals surface area contributed by atoms with Gasteiger partial charge in [-0.3, -0.25) is 0 Å². The van der Waals surface area contributed by atoms with Crippen molar-refractivity contribution in [3.63, 3.8) is 0 Å². The van der Waals surface area contributed by atoms with Crippen molar-refractivity contribution in [3.8, 4) is 33.8 Å². The van der Waals surface area contributed by atoms with Crippen molar-refractivity contribution in [1.82, 2.24) is 0 Å². The van der Waals surface area contributed by atoms with E-state index >= 15 is 0 Å². The normalized spacial score (nSPS) is 13.7. The van der Waals surface area contributed by atoms with Crippen molar-refractivity contribution in [2.24, 2.45) is 0 Å². The highest BCUT2D eigenvalue weighted by atomic mass is 16.6. The molecule has 0 heterocycles. The molecule has 40 heavy (non-hydrogen) atoms. The van der Waals surface area contributed by atoms with Crippen molar-refractivity contribution in [2.45, 2.75) is 46.6 Å². The second kappa shape index (κ2) is 11.6. The van der Waals surface area contributed by atoms with Crippen LogP contribution in [-0.4, -0.2) is 17.9 Å². The smallest absolute Gasteiger partial charge is 0.338 e. The number of ether oxygens (including phenoxy) is 3. The van der Waals surface area contributed by atoms with Gasteiger partial charge in [-0.05, 0) is 91.6 Å². The van der Waals surface area contributed by atoms with Gasteiger partial charge in [0.15, 0.2) is 0 Å². The lowest BCUT2D eigenvalue weighted by molar-refractivity contribution is -0.144. The van der Waals surface area contributed by atoms with Gasteiger partial charge in [0.1, 0.15) is 17.6 Å². The zero-order chi connectivity index (χ0) is 29.1. The van der Waals surface area contributed by atoms with Gasteiger partial charge in [0, 0.05) is 22.8 Å². The average molecular weight is 537 g/mol. The standard InChI is InChI=1S/C34H32O6/c1-19(2)32(35)38-27-16-26(17-28(18-27)39-33(36)20(3)4)23-8-11-29(22(7)14-23)24-9-12-30-25(15-24)10-13-31(30)40-34(37)21(5)6/h8-9,11-12,14-18,31H,1,3,5,10,13H2,2,4,6-7H3. The van der Waals surface area contributed by atoms with Gasteiger partial charge in [-0.15, -0.1) is 0 Å². The van der Waals surface area contributed by atoms with E-state index in [0.29, 0.717) is 11.1 Å². The fraction of sp³-hybridized carbons (Fsp3) is 0.206. The molecule has 1 unspecified atom stereocenters. The molecule has 0 saturated heterocycles. The van der Waals surface area contributed by atoms with Crippen LogP contribution in [0.2, 0.25) is 0 Å². The molecule has 1 atom stereocenters. The minimum absolute atomic E-state index is 0.234. The van der Waals surface area contributed by atoms with Gasteiger partial charge in [0.2, 0.25) is 0 Å².